The summed E-state index contributed by atoms with van der Waals surface area (Å²) in [6.45, 7) is 4.54. The van der Waals surface area contributed by atoms with Crippen molar-refractivity contribution in [3.8, 4) is 91.5 Å². The molecule has 8 nitrogen and oxygen atoms in total. The van der Waals surface area contributed by atoms with Crippen LogP contribution in [-0.2, 0) is 12.8 Å². The van der Waals surface area contributed by atoms with Crippen molar-refractivity contribution in [3.63, 3.8) is 0 Å². The highest BCUT2D eigenvalue weighted by molar-refractivity contribution is 5.87. The summed E-state index contributed by atoms with van der Waals surface area (Å²) in [4.78, 5) is 39.4. The number of nitrogens with zero attached hydrogens (tertiary/aromatic N) is 8. The monoisotopic (exact) mass is 1020 g/mol. The summed E-state index contributed by atoms with van der Waals surface area (Å²) in [7, 11) is 0. The van der Waals surface area contributed by atoms with E-state index in [0.29, 0.717) is 0 Å². The number of pyridine rings is 6. The molecule has 7 aromatic heterocycles. The fraction of sp³-hybridized carbons (Fsp3) is 0.229. The van der Waals surface area contributed by atoms with E-state index in [9.17, 15) is 0 Å². The van der Waals surface area contributed by atoms with Crippen LogP contribution in [0.2, 0.25) is 0 Å². The van der Waals surface area contributed by atoms with E-state index in [4.69, 9.17) is 19.9 Å². The van der Waals surface area contributed by atoms with E-state index in [0.717, 1.165) is 138 Å². The van der Waals surface area contributed by atoms with E-state index in [2.05, 4.69) is 142 Å². The molecule has 0 saturated heterocycles. The smallest absolute Gasteiger partial charge is 0.106 e. The van der Waals surface area contributed by atoms with Crippen molar-refractivity contribution in [2.45, 2.75) is 104 Å². The SMILES string of the molecule is CCCCCCCCc1nc2c(C#Cc3ccc(-c4cc(-c5ccccn5)nc(-c5ccccn5)c4)cc3)ccc(C#Cc3ccc(-c4cc(-c5ccccn5)nc(-c5ccccn5)c4)cc3)c2nc1CCCCCCCC. The molecule has 0 bridgehead atoms. The van der Waals surface area contributed by atoms with Gasteiger partial charge in [0.05, 0.1) is 68.1 Å². The first-order chi connectivity index (χ1) is 38.6. The molecule has 0 amide bonds. The van der Waals surface area contributed by atoms with Crippen molar-refractivity contribution >= 4 is 11.0 Å². The predicted octanol–water partition coefficient (Wildman–Crippen LogP) is 16.6. The van der Waals surface area contributed by atoms with Crippen LogP contribution in [-0.4, -0.2) is 39.9 Å². The summed E-state index contributed by atoms with van der Waals surface area (Å²) in [5.41, 5.74) is 17.8. The number of hydrogen-bond donors (Lipinski definition) is 0. The van der Waals surface area contributed by atoms with Crippen molar-refractivity contribution in [2.24, 2.45) is 0 Å². The average molecular weight is 1020 g/mol. The molecule has 0 aliphatic rings. The topological polar surface area (TPSA) is 103 Å². The van der Waals surface area contributed by atoms with Crippen LogP contribution in [0.15, 0.2) is 183 Å². The van der Waals surface area contributed by atoms with E-state index in [-0.39, 0.29) is 0 Å². The summed E-state index contributed by atoms with van der Waals surface area (Å²) in [6.07, 6.45) is 23.6. The zero-order chi connectivity index (χ0) is 53.1. The molecular weight excluding hydrogens is 953 g/mol. The number of fused-ring (bicyclic) bond motifs is 1. The molecular formula is C70H64N8. The lowest BCUT2D eigenvalue weighted by Gasteiger charge is -2.12. The van der Waals surface area contributed by atoms with Gasteiger partial charge < -0.3 is 0 Å². The van der Waals surface area contributed by atoms with Gasteiger partial charge in [-0.3, -0.25) is 19.9 Å². The zero-order valence-corrected chi connectivity index (χ0v) is 44.8. The quantitative estimate of drug-likeness (QED) is 0.0549. The Labute approximate surface area is 460 Å². The van der Waals surface area contributed by atoms with Gasteiger partial charge in [0, 0.05) is 35.9 Å². The van der Waals surface area contributed by atoms with Gasteiger partial charge >= 0.3 is 0 Å². The van der Waals surface area contributed by atoms with E-state index < -0.39 is 0 Å². The maximum atomic E-state index is 5.53. The molecule has 384 valence electrons. The molecule has 0 spiro atoms. The Hall–Kier alpha value is -8.98. The van der Waals surface area contributed by atoms with Crippen molar-refractivity contribution in [2.75, 3.05) is 0 Å². The molecule has 0 unspecified atom stereocenters. The molecule has 0 aliphatic heterocycles. The number of benzene rings is 3. The van der Waals surface area contributed by atoms with Gasteiger partial charge in [0.1, 0.15) is 11.0 Å². The van der Waals surface area contributed by atoms with Gasteiger partial charge in [0.25, 0.3) is 0 Å². The van der Waals surface area contributed by atoms with E-state index in [1.807, 2.05) is 72.8 Å². The third-order valence-electron chi connectivity index (χ3n) is 14.0. The number of aromatic nitrogens is 8. The minimum atomic E-state index is 0.788. The number of aryl methyl sites for hydroxylation is 2. The lowest BCUT2D eigenvalue weighted by molar-refractivity contribution is 0.593. The van der Waals surface area contributed by atoms with Crippen LogP contribution < -0.4 is 0 Å². The minimum Gasteiger partial charge on any atom is -0.255 e. The average Bonchev–Trinajstić information content (AvgIpc) is 3.55. The van der Waals surface area contributed by atoms with E-state index in [1.165, 1.54) is 64.2 Å². The van der Waals surface area contributed by atoms with Gasteiger partial charge in [-0.1, -0.05) is 150 Å². The lowest BCUT2D eigenvalue weighted by Crippen LogP contribution is -2.05. The first-order valence-electron chi connectivity index (χ1n) is 27.9. The standard InChI is InChI=1S/C70H64N8/c1-3-5-7-9-11-13-27-63-64(28-14-12-10-8-6-4-2)78-70-56(40-34-52-31-37-54(38-32-52)58-49-67(61-25-17-21-45-73-61)76-68(50-58)62-26-18-22-46-74-62)42-41-55(69(70)77-63)39-33-51-29-35-53(36-30-51)57-47-65(59-23-15-19-43-71-59)75-66(48-57)60-24-16-20-44-72-60/h15-26,29-32,35-38,41-50H,3-14,27-28H2,1-2H3. The summed E-state index contributed by atoms with van der Waals surface area (Å²) < 4.78 is 0. The van der Waals surface area contributed by atoms with Crippen LogP contribution in [0.4, 0.5) is 0 Å². The highest BCUT2D eigenvalue weighted by atomic mass is 14.8. The molecule has 8 heteroatoms. The maximum absolute atomic E-state index is 5.53. The third kappa shape index (κ3) is 13.7. The summed E-state index contributed by atoms with van der Waals surface area (Å²) in [5, 5.41) is 0. The molecule has 10 rings (SSSR count). The molecule has 78 heavy (non-hydrogen) atoms. The van der Waals surface area contributed by atoms with Crippen LogP contribution in [0.5, 0.6) is 0 Å². The molecule has 0 radical (unpaired) electrons. The Morgan fingerprint density at radius 2 is 0.628 bits per heavy atom. The summed E-state index contributed by atoms with van der Waals surface area (Å²) in [5.74, 6) is 14.1. The van der Waals surface area contributed by atoms with E-state index >= 15 is 0 Å². The molecule has 0 aliphatic carbocycles. The fourth-order valence-electron chi connectivity index (χ4n) is 9.70. The lowest BCUT2D eigenvalue weighted by atomic mass is 10.0. The van der Waals surface area contributed by atoms with Gasteiger partial charge in [-0.15, -0.1) is 0 Å². The van der Waals surface area contributed by atoms with Crippen LogP contribution >= 0.6 is 0 Å². The largest absolute Gasteiger partial charge is 0.255 e. The summed E-state index contributed by atoms with van der Waals surface area (Å²) in [6, 6.07) is 52.8. The van der Waals surface area contributed by atoms with Gasteiger partial charge in [0.15, 0.2) is 0 Å². The van der Waals surface area contributed by atoms with Crippen molar-refractivity contribution in [1.29, 1.82) is 0 Å². The second-order valence-electron chi connectivity index (χ2n) is 19.8. The van der Waals surface area contributed by atoms with Crippen LogP contribution in [0.25, 0.3) is 78.8 Å². The first kappa shape index (κ1) is 52.5. The predicted molar refractivity (Wildman–Crippen MR) is 318 cm³/mol. The van der Waals surface area contributed by atoms with E-state index in [1.54, 1.807) is 24.8 Å². The minimum absolute atomic E-state index is 0.788. The van der Waals surface area contributed by atoms with Crippen molar-refractivity contribution in [3.05, 3.63) is 216 Å². The van der Waals surface area contributed by atoms with Crippen molar-refractivity contribution in [1.82, 2.24) is 39.9 Å². The molecule has 10 aromatic rings. The Kier molecular flexibility index (Phi) is 17.9. The maximum Gasteiger partial charge on any atom is 0.106 e. The fourth-order valence-corrected chi connectivity index (χ4v) is 9.70. The highest BCUT2D eigenvalue weighted by Gasteiger charge is 2.16. The van der Waals surface area contributed by atoms with Crippen molar-refractivity contribution < 1.29 is 0 Å². The molecule has 0 N–H and O–H groups in total. The number of rotatable bonds is 20. The second-order valence-corrected chi connectivity index (χ2v) is 19.8. The molecule has 7 heterocycles. The Balaban J connectivity index is 0.984. The van der Waals surface area contributed by atoms with Crippen LogP contribution in [0, 0.1) is 23.7 Å². The Morgan fingerprint density at radius 3 is 0.949 bits per heavy atom. The first-order valence-corrected chi connectivity index (χ1v) is 27.9. The zero-order valence-electron chi connectivity index (χ0n) is 44.8. The molecule has 0 saturated carbocycles. The third-order valence-corrected chi connectivity index (χ3v) is 14.0. The van der Waals surface area contributed by atoms with Crippen LogP contribution in [0.3, 0.4) is 0 Å². The second kappa shape index (κ2) is 26.7. The van der Waals surface area contributed by atoms with Crippen LogP contribution in [0.1, 0.15) is 125 Å². The Bertz CT molecular complexity index is 3330. The highest BCUT2D eigenvalue weighted by Crippen LogP contribution is 2.32. The molecule has 0 atom stereocenters. The van der Waals surface area contributed by atoms with Gasteiger partial charge in [0.2, 0.25) is 0 Å². The number of unbranched alkanes of at least 4 members (excludes halogenated alkanes) is 10. The molecule has 3 aromatic carbocycles. The summed E-state index contributed by atoms with van der Waals surface area (Å²) >= 11 is 0. The molecule has 0 fully saturated rings. The van der Waals surface area contributed by atoms with Gasteiger partial charge in [-0.2, -0.15) is 0 Å². The Morgan fingerprint density at radius 1 is 0.295 bits per heavy atom. The van der Waals surface area contributed by atoms with Gasteiger partial charge in [-0.25, -0.2) is 19.9 Å². The normalized spacial score (nSPS) is 10.9. The number of hydrogen-bond acceptors (Lipinski definition) is 8. The van der Waals surface area contributed by atoms with Gasteiger partial charge in [-0.05, 0) is 157 Å².